The largest absolute Gasteiger partial charge is 0.392 e. The van der Waals surface area contributed by atoms with E-state index >= 15 is 0 Å². The topological polar surface area (TPSA) is 74.6 Å². The first-order chi connectivity index (χ1) is 11.4. The summed E-state index contributed by atoms with van der Waals surface area (Å²) in [7, 11) is 0. The summed E-state index contributed by atoms with van der Waals surface area (Å²) in [5.41, 5.74) is 2.65. The van der Waals surface area contributed by atoms with E-state index in [1.807, 2.05) is 0 Å². The van der Waals surface area contributed by atoms with Crippen LogP contribution in [0.4, 0.5) is 0 Å². The van der Waals surface area contributed by atoms with Gasteiger partial charge in [-0.1, -0.05) is 63.7 Å². The molecule has 0 fully saturated rings. The molecule has 0 heterocycles. The molecule has 24 heavy (non-hydrogen) atoms. The number of rotatable bonds is 4. The van der Waals surface area contributed by atoms with Crippen LogP contribution in [0.5, 0.6) is 0 Å². The smallest absolute Gasteiger partial charge is 0.151 e. The van der Waals surface area contributed by atoms with Crippen molar-refractivity contribution < 1.29 is 19.8 Å². The van der Waals surface area contributed by atoms with Gasteiger partial charge in [0.05, 0.1) is 13.2 Å². The highest BCUT2D eigenvalue weighted by Gasteiger charge is 2.05. The zero-order chi connectivity index (χ0) is 18.3. The molecule has 0 spiro atoms. The number of aldehydes is 2. The van der Waals surface area contributed by atoms with E-state index in [1.54, 1.807) is 24.3 Å². The molecule has 2 rings (SSSR count). The van der Waals surface area contributed by atoms with Crippen molar-refractivity contribution in [2.24, 2.45) is 0 Å². The predicted octanol–water partition coefficient (Wildman–Crippen LogP) is 5.03. The van der Waals surface area contributed by atoms with Crippen molar-refractivity contribution in [2.45, 2.75) is 13.2 Å². The predicted molar refractivity (Wildman–Crippen MR) is 106 cm³/mol. The Bertz CT molecular complexity index is 684. The maximum Gasteiger partial charge on any atom is 0.151 e. The molecule has 4 nitrogen and oxygen atoms in total. The lowest BCUT2D eigenvalue weighted by Gasteiger charge is -2.05. The highest BCUT2D eigenvalue weighted by Crippen LogP contribution is 2.26. The number of hydrogen-bond acceptors (Lipinski definition) is 4. The molecule has 0 radical (unpaired) electrons. The maximum atomic E-state index is 10.4. The van der Waals surface area contributed by atoms with Gasteiger partial charge in [0.15, 0.2) is 12.6 Å². The second-order valence-corrected chi connectivity index (χ2v) is 7.90. The Kier molecular flexibility index (Phi) is 9.54. The summed E-state index contributed by atoms with van der Waals surface area (Å²) in [6.45, 7) is -0.0181. The molecular formula is C16H12Br4O4. The van der Waals surface area contributed by atoms with Gasteiger partial charge in [0, 0.05) is 29.0 Å². The third-order valence-electron chi connectivity index (χ3n) is 2.93. The van der Waals surface area contributed by atoms with Gasteiger partial charge in [-0.25, -0.2) is 0 Å². The number of aliphatic hydroxyl groups is 2. The normalized spacial score (nSPS) is 9.92. The van der Waals surface area contributed by atoms with Gasteiger partial charge in [-0.05, 0) is 35.4 Å². The van der Waals surface area contributed by atoms with Crippen LogP contribution in [0.2, 0.25) is 0 Å². The van der Waals surface area contributed by atoms with Gasteiger partial charge in [0.25, 0.3) is 0 Å². The maximum absolute atomic E-state index is 10.4. The zero-order valence-electron chi connectivity index (χ0n) is 12.1. The lowest BCUT2D eigenvalue weighted by atomic mass is 10.1. The first-order valence-electron chi connectivity index (χ1n) is 6.45. The lowest BCUT2D eigenvalue weighted by molar-refractivity contribution is 0.111. The van der Waals surface area contributed by atoms with Crippen LogP contribution in [-0.2, 0) is 13.2 Å². The first kappa shape index (κ1) is 21.7. The van der Waals surface area contributed by atoms with Gasteiger partial charge >= 0.3 is 0 Å². The Balaban J connectivity index is 0.000000240. The molecule has 0 bridgehead atoms. The van der Waals surface area contributed by atoms with Gasteiger partial charge in [-0.3, -0.25) is 9.59 Å². The summed E-state index contributed by atoms with van der Waals surface area (Å²) in [5.74, 6) is 0. The van der Waals surface area contributed by atoms with Gasteiger partial charge in [0.1, 0.15) is 0 Å². The van der Waals surface area contributed by atoms with Crippen LogP contribution in [-0.4, -0.2) is 22.8 Å². The Morgan fingerprint density at radius 1 is 0.667 bits per heavy atom. The van der Waals surface area contributed by atoms with Crippen molar-refractivity contribution in [3.63, 3.8) is 0 Å². The number of benzene rings is 2. The second-order valence-electron chi connectivity index (χ2n) is 4.48. The highest BCUT2D eigenvalue weighted by molar-refractivity contribution is 9.11. The fourth-order valence-corrected chi connectivity index (χ4v) is 3.57. The van der Waals surface area contributed by atoms with Crippen LogP contribution in [0.3, 0.4) is 0 Å². The summed E-state index contributed by atoms with van der Waals surface area (Å²) in [6, 6.07) is 6.77. The van der Waals surface area contributed by atoms with Gasteiger partial charge in [-0.15, -0.1) is 0 Å². The van der Waals surface area contributed by atoms with E-state index in [-0.39, 0.29) is 13.2 Å². The van der Waals surface area contributed by atoms with E-state index in [2.05, 4.69) is 63.7 Å². The number of halogens is 4. The Labute approximate surface area is 172 Å². The van der Waals surface area contributed by atoms with Crippen molar-refractivity contribution in [3.05, 3.63) is 64.4 Å². The van der Waals surface area contributed by atoms with Crippen molar-refractivity contribution >= 4 is 76.3 Å². The van der Waals surface area contributed by atoms with Crippen molar-refractivity contribution in [1.29, 1.82) is 0 Å². The average Bonchev–Trinajstić information content (AvgIpc) is 2.58. The van der Waals surface area contributed by atoms with E-state index in [1.165, 1.54) is 0 Å². The van der Waals surface area contributed by atoms with Gasteiger partial charge in [0.2, 0.25) is 0 Å². The molecule has 2 aromatic rings. The van der Waals surface area contributed by atoms with Gasteiger partial charge < -0.3 is 10.2 Å². The van der Waals surface area contributed by atoms with E-state index < -0.39 is 0 Å². The average molecular weight is 588 g/mol. The molecule has 128 valence electrons. The lowest BCUT2D eigenvalue weighted by Crippen LogP contribution is -1.91. The Morgan fingerprint density at radius 2 is 1.00 bits per heavy atom. The standard InChI is InChI=1S/C8H8Br2O2.C8H4Br2O2/c2*9-7-1-5(3-11)8(10)2-6(7)4-12/h1-2,11-12H,3-4H2;1-4H. The van der Waals surface area contributed by atoms with E-state index in [9.17, 15) is 9.59 Å². The zero-order valence-corrected chi connectivity index (χ0v) is 18.4. The molecule has 8 heteroatoms. The fourth-order valence-electron chi connectivity index (χ4n) is 1.63. The van der Waals surface area contributed by atoms with Crippen molar-refractivity contribution in [2.75, 3.05) is 0 Å². The Morgan fingerprint density at radius 3 is 1.25 bits per heavy atom. The molecule has 0 aliphatic rings. The molecule has 0 saturated carbocycles. The summed E-state index contributed by atoms with van der Waals surface area (Å²) in [6.07, 6.45) is 1.45. The second kappa shape index (κ2) is 10.6. The highest BCUT2D eigenvalue weighted by atomic mass is 79.9. The van der Waals surface area contributed by atoms with Crippen LogP contribution in [0.15, 0.2) is 42.2 Å². The monoisotopic (exact) mass is 584 g/mol. The van der Waals surface area contributed by atoms with E-state index in [0.29, 0.717) is 20.1 Å². The number of aliphatic hydroxyl groups excluding tert-OH is 2. The van der Waals surface area contributed by atoms with Gasteiger partial charge in [-0.2, -0.15) is 0 Å². The molecule has 2 N–H and O–H groups in total. The van der Waals surface area contributed by atoms with Crippen LogP contribution >= 0.6 is 63.7 Å². The number of carbonyl (C=O) groups is 2. The van der Waals surface area contributed by atoms with E-state index in [0.717, 1.165) is 32.6 Å². The minimum absolute atomic E-state index is 0.00904. The fraction of sp³-hybridized carbons (Fsp3) is 0.125. The van der Waals surface area contributed by atoms with Crippen molar-refractivity contribution in [3.8, 4) is 0 Å². The third kappa shape index (κ3) is 5.86. The van der Waals surface area contributed by atoms with E-state index in [4.69, 9.17) is 10.2 Å². The summed E-state index contributed by atoms with van der Waals surface area (Å²) in [4.78, 5) is 20.9. The number of carbonyl (C=O) groups excluding carboxylic acids is 2. The first-order valence-corrected chi connectivity index (χ1v) is 9.63. The quantitative estimate of drug-likeness (QED) is 0.492. The van der Waals surface area contributed by atoms with Crippen LogP contribution in [0.25, 0.3) is 0 Å². The minimum atomic E-state index is -0.00904. The molecule has 0 saturated heterocycles. The van der Waals surface area contributed by atoms with Crippen LogP contribution in [0, 0.1) is 0 Å². The molecule has 0 unspecified atom stereocenters. The SMILES string of the molecule is O=Cc1cc(Br)c(C=O)cc1Br.OCc1cc(Br)c(CO)cc1Br. The number of hydrogen-bond donors (Lipinski definition) is 2. The molecule has 0 aliphatic heterocycles. The molecule has 0 aromatic heterocycles. The molecule has 2 aromatic carbocycles. The molecule has 0 atom stereocenters. The van der Waals surface area contributed by atoms with Crippen LogP contribution < -0.4 is 0 Å². The Hall–Kier alpha value is -0.380. The molecular weight excluding hydrogens is 576 g/mol. The molecule has 0 amide bonds. The third-order valence-corrected chi connectivity index (χ3v) is 5.78. The summed E-state index contributed by atoms with van der Waals surface area (Å²) >= 11 is 12.9. The van der Waals surface area contributed by atoms with Crippen molar-refractivity contribution in [1.82, 2.24) is 0 Å². The van der Waals surface area contributed by atoms with Crippen LogP contribution in [0.1, 0.15) is 31.8 Å². The minimum Gasteiger partial charge on any atom is -0.392 e. The summed E-state index contributed by atoms with van der Waals surface area (Å²) < 4.78 is 2.89. The molecule has 0 aliphatic carbocycles. The summed E-state index contributed by atoms with van der Waals surface area (Å²) in [5, 5.41) is 17.8.